The molecule has 1 saturated heterocycles. The Balaban J connectivity index is 2.37. The molecule has 0 spiro atoms. The highest BCUT2D eigenvalue weighted by Crippen LogP contribution is 2.32. The summed E-state index contributed by atoms with van der Waals surface area (Å²) < 4.78 is 52.3. The van der Waals surface area contributed by atoms with Crippen LogP contribution in [0.3, 0.4) is 0 Å². The maximum Gasteiger partial charge on any atom is 0.293 e. The molecular weight excluding hydrogens is 408 g/mol. The van der Waals surface area contributed by atoms with Gasteiger partial charge in [0.2, 0.25) is 20.0 Å². The van der Waals surface area contributed by atoms with Crippen LogP contribution in [-0.2, 0) is 20.0 Å². The number of nitrogens with one attached hydrogen (secondary N) is 1. The van der Waals surface area contributed by atoms with E-state index in [1.54, 1.807) is 25.7 Å². The Morgan fingerprint density at radius 1 is 1.07 bits per heavy atom. The van der Waals surface area contributed by atoms with E-state index in [-0.39, 0.29) is 29.4 Å². The summed E-state index contributed by atoms with van der Waals surface area (Å²) in [5.41, 5.74) is -0.786. The largest absolute Gasteiger partial charge is 0.365 e. The minimum absolute atomic E-state index is 0.189. The topological polar surface area (TPSA) is 130 Å². The fourth-order valence-electron chi connectivity index (χ4n) is 3.01. The van der Waals surface area contributed by atoms with Crippen LogP contribution < -0.4 is 9.62 Å². The first kappa shape index (κ1) is 22.5. The summed E-state index contributed by atoms with van der Waals surface area (Å²) in [6.45, 7) is 6.29. The highest BCUT2D eigenvalue weighted by Gasteiger charge is 2.29. The van der Waals surface area contributed by atoms with Crippen molar-refractivity contribution in [3.8, 4) is 0 Å². The third kappa shape index (κ3) is 5.63. The highest BCUT2D eigenvalue weighted by atomic mass is 32.2. The average Bonchev–Trinajstić information content (AvgIpc) is 2.77. The van der Waals surface area contributed by atoms with Gasteiger partial charge in [0.1, 0.15) is 5.69 Å². The lowest BCUT2D eigenvalue weighted by Gasteiger charge is -2.24. The molecule has 0 saturated carbocycles. The van der Waals surface area contributed by atoms with Gasteiger partial charge in [-0.3, -0.25) is 10.1 Å². The van der Waals surface area contributed by atoms with E-state index in [0.717, 1.165) is 12.3 Å². The SMILES string of the molecule is CC(C)(C)NS(=O)(=O)c1ccc(N2CCCN(S(C)(=O)=O)CC2)c([N+](=O)[O-])c1. The maximum absolute atomic E-state index is 12.5. The molecule has 1 aromatic carbocycles. The summed E-state index contributed by atoms with van der Waals surface area (Å²) in [5.74, 6) is 0. The second-order valence-electron chi connectivity index (χ2n) is 7.77. The molecule has 0 aromatic heterocycles. The normalized spacial score (nSPS) is 17.4. The zero-order valence-corrected chi connectivity index (χ0v) is 18.0. The molecule has 10 nitrogen and oxygen atoms in total. The summed E-state index contributed by atoms with van der Waals surface area (Å²) in [6, 6.07) is 3.78. The number of hydrogen-bond donors (Lipinski definition) is 1. The zero-order valence-electron chi connectivity index (χ0n) is 16.4. The smallest absolute Gasteiger partial charge is 0.293 e. The number of nitrogens with zero attached hydrogens (tertiary/aromatic N) is 3. The second-order valence-corrected chi connectivity index (χ2v) is 11.4. The quantitative estimate of drug-likeness (QED) is 0.543. The number of nitro benzene ring substituents is 1. The molecule has 1 heterocycles. The van der Waals surface area contributed by atoms with Crippen molar-refractivity contribution >= 4 is 31.4 Å². The Kier molecular flexibility index (Phi) is 6.38. The van der Waals surface area contributed by atoms with Gasteiger partial charge < -0.3 is 4.90 Å². The summed E-state index contributed by atoms with van der Waals surface area (Å²) >= 11 is 0. The van der Waals surface area contributed by atoms with E-state index in [1.165, 1.54) is 16.4 Å². The lowest BCUT2D eigenvalue weighted by Crippen LogP contribution is -2.40. The van der Waals surface area contributed by atoms with Crippen molar-refractivity contribution in [1.29, 1.82) is 0 Å². The number of sulfonamides is 2. The fourth-order valence-corrected chi connectivity index (χ4v) is 5.32. The summed E-state index contributed by atoms with van der Waals surface area (Å²) in [5, 5.41) is 11.6. The second kappa shape index (κ2) is 7.93. The number of hydrogen-bond acceptors (Lipinski definition) is 7. The molecule has 0 amide bonds. The van der Waals surface area contributed by atoms with E-state index in [2.05, 4.69) is 4.72 Å². The van der Waals surface area contributed by atoms with Gasteiger partial charge in [0, 0.05) is 37.8 Å². The molecule has 28 heavy (non-hydrogen) atoms. The van der Waals surface area contributed by atoms with Crippen molar-refractivity contribution in [1.82, 2.24) is 9.03 Å². The third-order valence-electron chi connectivity index (χ3n) is 4.16. The first-order valence-corrected chi connectivity index (χ1v) is 12.1. The van der Waals surface area contributed by atoms with Crippen LogP contribution in [0.1, 0.15) is 27.2 Å². The molecule has 0 unspecified atom stereocenters. The van der Waals surface area contributed by atoms with E-state index in [1.807, 2.05) is 0 Å². The van der Waals surface area contributed by atoms with Gasteiger partial charge in [0.05, 0.1) is 16.1 Å². The van der Waals surface area contributed by atoms with E-state index in [4.69, 9.17) is 0 Å². The summed E-state index contributed by atoms with van der Waals surface area (Å²) in [6.07, 6.45) is 1.64. The van der Waals surface area contributed by atoms with Crippen LogP contribution in [0.5, 0.6) is 0 Å². The van der Waals surface area contributed by atoms with Crippen molar-refractivity contribution < 1.29 is 21.8 Å². The number of anilines is 1. The Morgan fingerprint density at radius 3 is 2.25 bits per heavy atom. The van der Waals surface area contributed by atoms with E-state index < -0.39 is 30.5 Å². The number of benzene rings is 1. The average molecular weight is 435 g/mol. The van der Waals surface area contributed by atoms with Crippen molar-refractivity contribution in [2.75, 3.05) is 37.3 Å². The molecule has 12 heteroatoms. The molecule has 1 aliphatic heterocycles. The van der Waals surface area contributed by atoms with Gasteiger partial charge in [0.15, 0.2) is 0 Å². The first-order chi connectivity index (χ1) is 12.7. The van der Waals surface area contributed by atoms with Gasteiger partial charge in [0.25, 0.3) is 5.69 Å². The van der Waals surface area contributed by atoms with Gasteiger partial charge >= 0.3 is 0 Å². The molecule has 2 rings (SSSR count). The first-order valence-electron chi connectivity index (χ1n) is 8.73. The van der Waals surface area contributed by atoms with E-state index >= 15 is 0 Å². The van der Waals surface area contributed by atoms with Crippen molar-refractivity contribution in [3.05, 3.63) is 28.3 Å². The van der Waals surface area contributed by atoms with E-state index in [0.29, 0.717) is 19.5 Å². The molecule has 1 aromatic rings. The lowest BCUT2D eigenvalue weighted by atomic mass is 10.1. The van der Waals surface area contributed by atoms with Crippen LogP contribution in [0.4, 0.5) is 11.4 Å². The summed E-state index contributed by atoms with van der Waals surface area (Å²) in [7, 11) is -7.26. The van der Waals surface area contributed by atoms with Crippen LogP contribution in [0.15, 0.2) is 23.1 Å². The third-order valence-corrected chi connectivity index (χ3v) is 7.22. The van der Waals surface area contributed by atoms with Gasteiger partial charge in [-0.2, -0.15) is 0 Å². The Labute approximate surface area is 165 Å². The molecule has 1 fully saturated rings. The van der Waals surface area contributed by atoms with Gasteiger partial charge in [-0.05, 0) is 39.3 Å². The lowest BCUT2D eigenvalue weighted by molar-refractivity contribution is -0.384. The predicted molar refractivity (Wildman–Crippen MR) is 106 cm³/mol. The Bertz CT molecular complexity index is 954. The Morgan fingerprint density at radius 2 is 1.71 bits per heavy atom. The molecule has 158 valence electrons. The number of rotatable bonds is 5. The van der Waals surface area contributed by atoms with Crippen LogP contribution in [0.2, 0.25) is 0 Å². The monoisotopic (exact) mass is 434 g/mol. The standard InChI is InChI=1S/C16H26N4O6S2/c1-16(2,3)17-28(25,26)13-6-7-14(15(12-13)20(21)22)18-8-5-9-19(11-10-18)27(4,23)24/h6-7,12,17H,5,8-11H2,1-4H3. The van der Waals surface area contributed by atoms with Gasteiger partial charge in [-0.1, -0.05) is 0 Å². The van der Waals surface area contributed by atoms with Crippen molar-refractivity contribution in [3.63, 3.8) is 0 Å². The predicted octanol–water partition coefficient (Wildman–Crippen LogP) is 1.14. The van der Waals surface area contributed by atoms with Gasteiger partial charge in [-0.15, -0.1) is 0 Å². The van der Waals surface area contributed by atoms with Crippen molar-refractivity contribution in [2.24, 2.45) is 0 Å². The number of nitro groups is 1. The zero-order chi connectivity index (χ0) is 21.3. The van der Waals surface area contributed by atoms with Gasteiger partial charge in [-0.25, -0.2) is 25.9 Å². The fraction of sp³-hybridized carbons (Fsp3) is 0.625. The highest BCUT2D eigenvalue weighted by molar-refractivity contribution is 7.89. The van der Waals surface area contributed by atoms with Crippen molar-refractivity contribution in [2.45, 2.75) is 37.6 Å². The van der Waals surface area contributed by atoms with Crippen LogP contribution in [0.25, 0.3) is 0 Å². The molecule has 0 aliphatic carbocycles. The molecule has 1 N–H and O–H groups in total. The molecule has 0 atom stereocenters. The van der Waals surface area contributed by atoms with Crippen LogP contribution in [-0.4, -0.2) is 64.0 Å². The minimum atomic E-state index is -3.92. The van der Waals surface area contributed by atoms with Crippen LogP contribution in [0, 0.1) is 10.1 Å². The van der Waals surface area contributed by atoms with Crippen LogP contribution >= 0.6 is 0 Å². The molecule has 0 bridgehead atoms. The summed E-state index contributed by atoms with van der Waals surface area (Å²) in [4.78, 5) is 12.5. The molecular formula is C16H26N4O6S2. The molecule has 0 radical (unpaired) electrons. The van der Waals surface area contributed by atoms with E-state index in [9.17, 15) is 26.9 Å². The molecule has 1 aliphatic rings. The Hall–Kier alpha value is -1.76. The minimum Gasteiger partial charge on any atom is -0.365 e. The maximum atomic E-state index is 12.5.